The van der Waals surface area contributed by atoms with Crippen LogP contribution in [0.15, 0.2) is 12.4 Å². The number of nitrogens with two attached hydrogens (primary N) is 1. The van der Waals surface area contributed by atoms with Crippen molar-refractivity contribution in [3.8, 4) is 17.2 Å². The van der Waals surface area contributed by atoms with Crippen LogP contribution in [0.3, 0.4) is 0 Å². The Morgan fingerprint density at radius 1 is 1.26 bits per heavy atom. The smallest absolute Gasteiger partial charge is 0.222 e. The number of nitrogens with one attached hydrogen (secondary N) is 1. The van der Waals surface area contributed by atoms with Crippen LogP contribution in [-0.2, 0) is 13.0 Å². The lowest BCUT2D eigenvalue weighted by atomic mass is 9.92. The van der Waals surface area contributed by atoms with Gasteiger partial charge in [0, 0.05) is 61.3 Å². The van der Waals surface area contributed by atoms with Gasteiger partial charge in [-0.15, -0.1) is 0 Å². The van der Waals surface area contributed by atoms with E-state index in [-0.39, 0.29) is 11.9 Å². The number of hydrogen-bond acceptors (Lipinski definition) is 7. The molecule has 0 saturated heterocycles. The quantitative estimate of drug-likeness (QED) is 0.839. The number of pyridine rings is 1. The van der Waals surface area contributed by atoms with E-state index >= 15 is 0 Å². The third-order valence-electron chi connectivity index (χ3n) is 4.55. The Bertz CT molecular complexity index is 850. The van der Waals surface area contributed by atoms with Crippen molar-refractivity contribution in [3.05, 3.63) is 29.2 Å². The van der Waals surface area contributed by atoms with Crippen molar-refractivity contribution in [3.63, 3.8) is 0 Å². The number of nitriles is 1. The zero-order valence-corrected chi connectivity index (χ0v) is 16.5. The molecule has 0 atom stereocenters. The van der Waals surface area contributed by atoms with E-state index in [0.717, 1.165) is 48.4 Å². The molecule has 3 N–H and O–H groups in total. The highest BCUT2D eigenvalue weighted by Gasteiger charge is 2.26. The second-order valence-corrected chi connectivity index (χ2v) is 7.76. The van der Waals surface area contributed by atoms with Gasteiger partial charge in [0.15, 0.2) is 0 Å². The minimum atomic E-state index is 0.249. The molecule has 0 spiro atoms. The standard InChI is InChI=1S/C20H27N7/c1-12(2)10-27-6-5-17-16(11-27)18(15(7-21)19(22)26-17)14-8-23-20(24-9-14)25-13(3)4/h8-9,12-13H,5-6,10-11H2,1-4H3,(H2,22,26)(H,23,24,25). The molecule has 1 aliphatic heterocycles. The number of nitrogen functional groups attached to an aromatic ring is 1. The molecule has 0 fully saturated rings. The molecule has 142 valence electrons. The molecule has 0 aliphatic carbocycles. The first-order valence-electron chi connectivity index (χ1n) is 9.41. The summed E-state index contributed by atoms with van der Waals surface area (Å²) in [5.74, 6) is 1.44. The fourth-order valence-electron chi connectivity index (χ4n) is 3.53. The van der Waals surface area contributed by atoms with Crippen molar-refractivity contribution in [1.82, 2.24) is 19.9 Å². The van der Waals surface area contributed by atoms with Gasteiger partial charge in [-0.05, 0) is 25.3 Å². The van der Waals surface area contributed by atoms with Gasteiger partial charge >= 0.3 is 0 Å². The Hall–Kier alpha value is -2.72. The maximum absolute atomic E-state index is 9.71. The summed E-state index contributed by atoms with van der Waals surface area (Å²) in [6.45, 7) is 11.2. The van der Waals surface area contributed by atoms with Crippen LogP contribution in [0.5, 0.6) is 0 Å². The lowest BCUT2D eigenvalue weighted by molar-refractivity contribution is 0.225. The zero-order valence-electron chi connectivity index (χ0n) is 16.5. The summed E-state index contributed by atoms with van der Waals surface area (Å²) < 4.78 is 0. The van der Waals surface area contributed by atoms with Crippen molar-refractivity contribution >= 4 is 11.8 Å². The molecular formula is C20H27N7. The molecule has 0 unspecified atom stereocenters. The highest BCUT2D eigenvalue weighted by atomic mass is 15.1. The van der Waals surface area contributed by atoms with Gasteiger partial charge < -0.3 is 11.1 Å². The molecule has 27 heavy (non-hydrogen) atoms. The van der Waals surface area contributed by atoms with Gasteiger partial charge in [-0.2, -0.15) is 5.26 Å². The topological polar surface area (TPSA) is 104 Å². The molecule has 1 aliphatic rings. The van der Waals surface area contributed by atoms with E-state index in [1.54, 1.807) is 12.4 Å². The summed E-state index contributed by atoms with van der Waals surface area (Å²) >= 11 is 0. The molecule has 7 nitrogen and oxygen atoms in total. The van der Waals surface area contributed by atoms with Crippen LogP contribution in [0.1, 0.15) is 44.5 Å². The van der Waals surface area contributed by atoms with E-state index in [4.69, 9.17) is 5.73 Å². The van der Waals surface area contributed by atoms with Crippen LogP contribution in [0.25, 0.3) is 11.1 Å². The summed E-state index contributed by atoms with van der Waals surface area (Å²) in [5.41, 5.74) is 10.2. The van der Waals surface area contributed by atoms with Crippen molar-refractivity contribution < 1.29 is 0 Å². The van der Waals surface area contributed by atoms with Crippen molar-refractivity contribution in [1.29, 1.82) is 5.26 Å². The maximum atomic E-state index is 9.71. The predicted octanol–water partition coefficient (Wildman–Crippen LogP) is 2.83. The number of aromatic nitrogens is 3. The fraction of sp³-hybridized carbons (Fsp3) is 0.500. The van der Waals surface area contributed by atoms with Gasteiger partial charge in [-0.25, -0.2) is 15.0 Å². The van der Waals surface area contributed by atoms with Gasteiger partial charge in [0.25, 0.3) is 0 Å². The molecule has 3 heterocycles. The average molecular weight is 365 g/mol. The lowest BCUT2D eigenvalue weighted by Crippen LogP contribution is -2.34. The Morgan fingerprint density at radius 2 is 1.96 bits per heavy atom. The van der Waals surface area contributed by atoms with Crippen LogP contribution in [0.2, 0.25) is 0 Å². The molecule has 0 saturated carbocycles. The fourth-order valence-corrected chi connectivity index (χ4v) is 3.53. The molecule has 3 rings (SSSR count). The van der Waals surface area contributed by atoms with Crippen LogP contribution in [0, 0.1) is 17.2 Å². The maximum Gasteiger partial charge on any atom is 0.222 e. The molecule has 0 amide bonds. The van der Waals surface area contributed by atoms with E-state index < -0.39 is 0 Å². The van der Waals surface area contributed by atoms with Crippen LogP contribution in [-0.4, -0.2) is 39.0 Å². The van der Waals surface area contributed by atoms with Gasteiger partial charge in [-0.3, -0.25) is 4.90 Å². The van der Waals surface area contributed by atoms with Gasteiger partial charge in [0.05, 0.1) is 0 Å². The Balaban J connectivity index is 2.06. The molecule has 7 heteroatoms. The minimum Gasteiger partial charge on any atom is -0.383 e. The van der Waals surface area contributed by atoms with E-state index in [2.05, 4.69) is 45.1 Å². The highest BCUT2D eigenvalue weighted by molar-refractivity contribution is 5.78. The SMILES string of the molecule is CC(C)CN1CCc2nc(N)c(C#N)c(-c3cnc(NC(C)C)nc3)c2C1. The zero-order chi connectivity index (χ0) is 19.6. The van der Waals surface area contributed by atoms with Crippen LogP contribution in [0.4, 0.5) is 11.8 Å². The number of fused-ring (bicyclic) bond motifs is 1. The third kappa shape index (κ3) is 4.17. The first kappa shape index (κ1) is 19.1. The highest BCUT2D eigenvalue weighted by Crippen LogP contribution is 2.34. The predicted molar refractivity (Wildman–Crippen MR) is 107 cm³/mol. The lowest BCUT2D eigenvalue weighted by Gasteiger charge is -2.31. The summed E-state index contributed by atoms with van der Waals surface area (Å²) in [7, 11) is 0. The molecular weight excluding hydrogens is 338 g/mol. The summed E-state index contributed by atoms with van der Waals surface area (Å²) in [4.78, 5) is 15.7. The van der Waals surface area contributed by atoms with Gasteiger partial charge in [0.1, 0.15) is 17.5 Å². The van der Waals surface area contributed by atoms with Crippen molar-refractivity contribution in [2.75, 3.05) is 24.1 Å². The largest absolute Gasteiger partial charge is 0.383 e. The normalized spacial score (nSPS) is 14.3. The number of nitrogens with zero attached hydrogens (tertiary/aromatic N) is 5. The van der Waals surface area contributed by atoms with Gasteiger partial charge in [0.2, 0.25) is 5.95 Å². The minimum absolute atomic E-state index is 0.249. The monoisotopic (exact) mass is 365 g/mol. The Kier molecular flexibility index (Phi) is 5.57. The second-order valence-electron chi connectivity index (χ2n) is 7.76. The Morgan fingerprint density at radius 3 is 2.56 bits per heavy atom. The number of rotatable bonds is 5. The first-order chi connectivity index (χ1) is 12.9. The number of hydrogen-bond donors (Lipinski definition) is 2. The van der Waals surface area contributed by atoms with E-state index in [9.17, 15) is 5.26 Å². The molecule has 0 radical (unpaired) electrons. The van der Waals surface area contributed by atoms with Crippen molar-refractivity contribution in [2.24, 2.45) is 5.92 Å². The van der Waals surface area contributed by atoms with E-state index in [1.807, 2.05) is 13.8 Å². The summed E-state index contributed by atoms with van der Waals surface area (Å²) in [6.07, 6.45) is 4.35. The molecule has 0 bridgehead atoms. The summed E-state index contributed by atoms with van der Waals surface area (Å²) in [5, 5.41) is 12.9. The molecule has 0 aromatic carbocycles. The van der Waals surface area contributed by atoms with Crippen LogP contribution < -0.4 is 11.1 Å². The second kappa shape index (κ2) is 7.89. The van der Waals surface area contributed by atoms with Gasteiger partial charge in [-0.1, -0.05) is 13.8 Å². The van der Waals surface area contributed by atoms with E-state index in [1.165, 1.54) is 0 Å². The third-order valence-corrected chi connectivity index (χ3v) is 4.55. The first-order valence-corrected chi connectivity index (χ1v) is 9.41. The van der Waals surface area contributed by atoms with Crippen molar-refractivity contribution in [2.45, 2.75) is 46.7 Å². The van der Waals surface area contributed by atoms with Crippen LogP contribution >= 0.6 is 0 Å². The average Bonchev–Trinajstić information content (AvgIpc) is 2.61. The molecule has 2 aromatic rings. The number of anilines is 2. The molecule has 2 aromatic heterocycles. The van der Waals surface area contributed by atoms with E-state index in [0.29, 0.717) is 17.4 Å². The Labute approximate surface area is 160 Å². The summed E-state index contributed by atoms with van der Waals surface area (Å²) in [6, 6.07) is 2.49.